The lowest BCUT2D eigenvalue weighted by atomic mass is 10.2. The number of hydrogen-bond donors (Lipinski definition) is 4. The molecular formula is C20H25N3O5. The number of carbonyl (C=O) groups excluding carboxylic acids is 2. The second-order valence-corrected chi connectivity index (χ2v) is 6.11. The smallest absolute Gasteiger partial charge is 0.248 e. The van der Waals surface area contributed by atoms with E-state index in [0.29, 0.717) is 42.4 Å². The molecule has 2 aromatic rings. The maximum absolute atomic E-state index is 11.0. The van der Waals surface area contributed by atoms with Crippen molar-refractivity contribution in [2.45, 2.75) is 13.0 Å². The summed E-state index contributed by atoms with van der Waals surface area (Å²) in [5, 5.41) is 15.7. The van der Waals surface area contributed by atoms with Gasteiger partial charge in [-0.05, 0) is 48.5 Å². The van der Waals surface area contributed by atoms with Gasteiger partial charge in [-0.2, -0.15) is 0 Å². The molecule has 0 spiro atoms. The van der Waals surface area contributed by atoms with Gasteiger partial charge in [-0.1, -0.05) is 0 Å². The number of anilines is 1. The highest BCUT2D eigenvalue weighted by Gasteiger charge is 2.06. The molecule has 0 saturated heterocycles. The molecule has 0 bridgehead atoms. The number of amides is 2. The summed E-state index contributed by atoms with van der Waals surface area (Å²) in [6.07, 6.45) is -0.687. The standard InChI is InChI=1S/C20H25N3O5/c1-14(24)23-16-4-8-18(9-5-16)27-11-10-22-12-17(25)13-28-19-6-2-15(3-7-19)20(21)26/h2-9,17,22,25H,10-13H2,1H3,(H2,21,26)(H,23,24). The van der Waals surface area contributed by atoms with Gasteiger partial charge in [0, 0.05) is 31.3 Å². The van der Waals surface area contributed by atoms with E-state index in [1.165, 1.54) is 6.92 Å². The molecular weight excluding hydrogens is 362 g/mol. The second kappa shape index (κ2) is 10.9. The largest absolute Gasteiger partial charge is 0.492 e. The molecule has 0 aliphatic carbocycles. The number of carbonyl (C=O) groups is 2. The van der Waals surface area contributed by atoms with E-state index < -0.39 is 12.0 Å². The third kappa shape index (κ3) is 7.65. The third-order valence-corrected chi connectivity index (χ3v) is 3.68. The molecule has 0 radical (unpaired) electrons. The van der Waals surface area contributed by atoms with Crippen molar-refractivity contribution < 1.29 is 24.2 Å². The number of aliphatic hydroxyl groups excluding tert-OH is 1. The van der Waals surface area contributed by atoms with E-state index in [9.17, 15) is 14.7 Å². The number of aliphatic hydroxyl groups is 1. The van der Waals surface area contributed by atoms with E-state index in [4.69, 9.17) is 15.2 Å². The highest BCUT2D eigenvalue weighted by atomic mass is 16.5. The fourth-order valence-electron chi connectivity index (χ4n) is 2.31. The van der Waals surface area contributed by atoms with Crippen molar-refractivity contribution in [2.24, 2.45) is 5.73 Å². The zero-order valence-electron chi connectivity index (χ0n) is 15.7. The Morgan fingerprint density at radius 3 is 2.25 bits per heavy atom. The highest BCUT2D eigenvalue weighted by molar-refractivity contribution is 5.92. The first-order valence-electron chi connectivity index (χ1n) is 8.86. The Kier molecular flexibility index (Phi) is 8.26. The molecule has 0 aliphatic heterocycles. The Balaban J connectivity index is 1.58. The molecule has 1 atom stereocenters. The zero-order valence-corrected chi connectivity index (χ0v) is 15.7. The van der Waals surface area contributed by atoms with Crippen LogP contribution in [0.3, 0.4) is 0 Å². The van der Waals surface area contributed by atoms with Gasteiger partial charge in [0.05, 0.1) is 0 Å². The van der Waals surface area contributed by atoms with Crippen LogP contribution in [0.1, 0.15) is 17.3 Å². The van der Waals surface area contributed by atoms with Crippen molar-refractivity contribution in [2.75, 3.05) is 31.6 Å². The van der Waals surface area contributed by atoms with E-state index in [1.807, 2.05) is 0 Å². The maximum atomic E-state index is 11.0. The third-order valence-electron chi connectivity index (χ3n) is 3.68. The molecule has 0 heterocycles. The van der Waals surface area contributed by atoms with Gasteiger partial charge in [-0.15, -0.1) is 0 Å². The second-order valence-electron chi connectivity index (χ2n) is 6.11. The summed E-state index contributed by atoms with van der Waals surface area (Å²) in [6.45, 7) is 2.91. The molecule has 8 heteroatoms. The van der Waals surface area contributed by atoms with E-state index in [-0.39, 0.29) is 12.5 Å². The predicted octanol–water partition coefficient (Wildman–Crippen LogP) is 1.15. The van der Waals surface area contributed by atoms with Crippen LogP contribution in [-0.4, -0.2) is 49.3 Å². The molecule has 5 N–H and O–H groups in total. The number of ether oxygens (including phenoxy) is 2. The van der Waals surface area contributed by atoms with Crippen LogP contribution < -0.4 is 25.8 Å². The Hall–Kier alpha value is -3.10. The maximum Gasteiger partial charge on any atom is 0.248 e. The van der Waals surface area contributed by atoms with Gasteiger partial charge in [0.25, 0.3) is 0 Å². The van der Waals surface area contributed by atoms with Crippen molar-refractivity contribution in [3.63, 3.8) is 0 Å². The fraction of sp³-hybridized carbons (Fsp3) is 0.300. The lowest BCUT2D eigenvalue weighted by Gasteiger charge is -2.14. The number of nitrogens with two attached hydrogens (primary N) is 1. The van der Waals surface area contributed by atoms with Crippen LogP contribution in [0.5, 0.6) is 11.5 Å². The van der Waals surface area contributed by atoms with Gasteiger partial charge < -0.3 is 30.9 Å². The normalized spacial score (nSPS) is 11.5. The van der Waals surface area contributed by atoms with E-state index in [0.717, 1.165) is 0 Å². The van der Waals surface area contributed by atoms with Crippen LogP contribution in [0.2, 0.25) is 0 Å². The first-order valence-corrected chi connectivity index (χ1v) is 8.86. The molecule has 150 valence electrons. The SMILES string of the molecule is CC(=O)Nc1ccc(OCCNCC(O)COc2ccc(C(N)=O)cc2)cc1. The Morgan fingerprint density at radius 1 is 1.04 bits per heavy atom. The lowest BCUT2D eigenvalue weighted by molar-refractivity contribution is -0.114. The summed E-state index contributed by atoms with van der Waals surface area (Å²) in [5.41, 5.74) is 6.29. The zero-order chi connectivity index (χ0) is 20.4. The Labute approximate surface area is 163 Å². The van der Waals surface area contributed by atoms with Gasteiger partial charge in [-0.25, -0.2) is 0 Å². The van der Waals surface area contributed by atoms with E-state index >= 15 is 0 Å². The van der Waals surface area contributed by atoms with Crippen molar-refractivity contribution >= 4 is 17.5 Å². The molecule has 8 nitrogen and oxygen atoms in total. The molecule has 2 rings (SSSR count). The summed E-state index contributed by atoms with van der Waals surface area (Å²) in [6, 6.07) is 13.5. The van der Waals surface area contributed by atoms with Crippen molar-refractivity contribution in [1.82, 2.24) is 5.32 Å². The Bertz CT molecular complexity index is 762. The summed E-state index contributed by atoms with van der Waals surface area (Å²) >= 11 is 0. The van der Waals surface area contributed by atoms with Crippen LogP contribution in [0.4, 0.5) is 5.69 Å². The van der Waals surface area contributed by atoms with E-state index in [2.05, 4.69) is 10.6 Å². The molecule has 1 unspecified atom stereocenters. The van der Waals surface area contributed by atoms with Gasteiger partial charge in [0.1, 0.15) is 30.8 Å². The quantitative estimate of drug-likeness (QED) is 0.429. The first-order chi connectivity index (χ1) is 13.4. The summed E-state index contributed by atoms with van der Waals surface area (Å²) < 4.78 is 11.0. The lowest BCUT2D eigenvalue weighted by Crippen LogP contribution is -2.33. The Morgan fingerprint density at radius 2 is 1.64 bits per heavy atom. The minimum atomic E-state index is -0.687. The molecule has 28 heavy (non-hydrogen) atoms. The number of nitrogens with one attached hydrogen (secondary N) is 2. The van der Waals surface area contributed by atoms with Crippen molar-refractivity contribution in [3.05, 3.63) is 54.1 Å². The van der Waals surface area contributed by atoms with Gasteiger partial charge in [-0.3, -0.25) is 9.59 Å². The summed E-state index contributed by atoms with van der Waals surface area (Å²) in [4.78, 5) is 22.0. The first kappa shape index (κ1) is 21.2. The summed E-state index contributed by atoms with van der Waals surface area (Å²) in [7, 11) is 0. The predicted molar refractivity (Wildman–Crippen MR) is 106 cm³/mol. The minimum absolute atomic E-state index is 0.119. The van der Waals surface area contributed by atoms with Crippen molar-refractivity contribution in [3.8, 4) is 11.5 Å². The van der Waals surface area contributed by atoms with Crippen LogP contribution in [-0.2, 0) is 4.79 Å². The fourth-order valence-corrected chi connectivity index (χ4v) is 2.31. The van der Waals surface area contributed by atoms with Crippen LogP contribution >= 0.6 is 0 Å². The van der Waals surface area contributed by atoms with Crippen LogP contribution in [0.15, 0.2) is 48.5 Å². The minimum Gasteiger partial charge on any atom is -0.492 e. The van der Waals surface area contributed by atoms with E-state index in [1.54, 1.807) is 48.5 Å². The van der Waals surface area contributed by atoms with Crippen LogP contribution in [0.25, 0.3) is 0 Å². The molecule has 2 aromatic carbocycles. The number of primary amides is 1. The molecule has 0 fully saturated rings. The number of rotatable bonds is 11. The van der Waals surface area contributed by atoms with Crippen LogP contribution in [0, 0.1) is 0 Å². The number of benzene rings is 2. The average Bonchev–Trinajstić information content (AvgIpc) is 2.67. The molecule has 0 aromatic heterocycles. The monoisotopic (exact) mass is 387 g/mol. The average molecular weight is 387 g/mol. The molecule has 0 saturated carbocycles. The van der Waals surface area contributed by atoms with Crippen molar-refractivity contribution in [1.29, 1.82) is 0 Å². The summed E-state index contributed by atoms with van der Waals surface area (Å²) in [5.74, 6) is 0.624. The van der Waals surface area contributed by atoms with Gasteiger partial charge in [0.15, 0.2) is 0 Å². The topological polar surface area (TPSA) is 123 Å². The van der Waals surface area contributed by atoms with Gasteiger partial charge >= 0.3 is 0 Å². The highest BCUT2D eigenvalue weighted by Crippen LogP contribution is 2.15. The van der Waals surface area contributed by atoms with Gasteiger partial charge in [0.2, 0.25) is 11.8 Å². The molecule has 2 amide bonds. The number of hydrogen-bond acceptors (Lipinski definition) is 6. The molecule has 0 aliphatic rings.